The number of hydrogen-bond acceptors (Lipinski definition) is 6. The van der Waals surface area contributed by atoms with E-state index in [1.54, 1.807) is 0 Å². The average Bonchev–Trinajstić information content (AvgIpc) is 2.64. The molecule has 1 saturated heterocycles. The second-order valence-electron chi connectivity index (χ2n) is 7.02. The number of piperidine rings is 1. The van der Waals surface area contributed by atoms with Gasteiger partial charge in [-0.3, -0.25) is 4.79 Å². The van der Waals surface area contributed by atoms with Crippen LogP contribution in [0.15, 0.2) is 12.4 Å². The molecule has 1 aliphatic heterocycles. The van der Waals surface area contributed by atoms with E-state index in [0.717, 1.165) is 51.6 Å². The minimum Gasteiger partial charge on any atom is -0.472 e. The summed E-state index contributed by atoms with van der Waals surface area (Å²) in [6.07, 6.45) is 8.59. The molecule has 0 aromatic carbocycles. The fourth-order valence-corrected chi connectivity index (χ4v) is 3.67. The van der Waals surface area contributed by atoms with Crippen molar-refractivity contribution in [2.45, 2.75) is 50.7 Å². The number of ether oxygens (including phenoxy) is 1. The third kappa shape index (κ3) is 4.67. The largest absolute Gasteiger partial charge is 0.472 e. The van der Waals surface area contributed by atoms with Crippen molar-refractivity contribution in [2.24, 2.45) is 5.92 Å². The summed E-state index contributed by atoms with van der Waals surface area (Å²) in [5, 5.41) is 12.3. The van der Waals surface area contributed by atoms with Crippen molar-refractivity contribution in [1.29, 1.82) is 5.26 Å². The summed E-state index contributed by atoms with van der Waals surface area (Å²) in [6, 6.07) is 2.22. The molecule has 0 spiro atoms. The fraction of sp³-hybridized carbons (Fsp3) is 0.667. The van der Waals surface area contributed by atoms with Crippen molar-refractivity contribution in [2.75, 3.05) is 20.1 Å². The van der Waals surface area contributed by atoms with E-state index in [2.05, 4.69) is 27.2 Å². The molecule has 2 fully saturated rings. The molecule has 3 rings (SSSR count). The first kappa shape index (κ1) is 17.6. The van der Waals surface area contributed by atoms with Gasteiger partial charge < -0.3 is 15.0 Å². The maximum atomic E-state index is 12.4. The minimum absolute atomic E-state index is 0.0257. The molecule has 2 aliphatic rings. The van der Waals surface area contributed by atoms with Gasteiger partial charge in [0.05, 0.1) is 5.92 Å². The third-order valence-electron chi connectivity index (χ3n) is 5.06. The van der Waals surface area contributed by atoms with Crippen molar-refractivity contribution >= 4 is 5.91 Å². The molecule has 2 heterocycles. The van der Waals surface area contributed by atoms with Gasteiger partial charge in [0.25, 0.3) is 5.88 Å². The quantitative estimate of drug-likeness (QED) is 0.891. The summed E-state index contributed by atoms with van der Waals surface area (Å²) in [5.74, 6) is 0.616. The Morgan fingerprint density at radius 1 is 1.28 bits per heavy atom. The normalized spacial score (nSPS) is 27.3. The van der Waals surface area contributed by atoms with Gasteiger partial charge in [-0.2, -0.15) is 5.26 Å². The van der Waals surface area contributed by atoms with Crippen LogP contribution < -0.4 is 10.1 Å². The Morgan fingerprint density at radius 2 is 2.04 bits per heavy atom. The molecular weight excluding hydrogens is 318 g/mol. The highest BCUT2D eigenvalue weighted by Gasteiger charge is 2.28. The zero-order valence-electron chi connectivity index (χ0n) is 14.6. The second kappa shape index (κ2) is 8.26. The highest BCUT2D eigenvalue weighted by Crippen LogP contribution is 2.24. The van der Waals surface area contributed by atoms with Crippen molar-refractivity contribution in [3.05, 3.63) is 18.1 Å². The van der Waals surface area contributed by atoms with Crippen LogP contribution in [-0.2, 0) is 4.79 Å². The Labute approximate surface area is 148 Å². The molecule has 7 heteroatoms. The molecule has 0 bridgehead atoms. The zero-order valence-corrected chi connectivity index (χ0v) is 14.6. The van der Waals surface area contributed by atoms with Crippen molar-refractivity contribution in [3.8, 4) is 11.9 Å². The SMILES string of the molecule is CN1CCCC(C(=O)NC2CCC(Oc3nccnc3C#N)CC2)C1. The van der Waals surface area contributed by atoms with Crippen LogP contribution >= 0.6 is 0 Å². The highest BCUT2D eigenvalue weighted by atomic mass is 16.5. The van der Waals surface area contributed by atoms with E-state index < -0.39 is 0 Å². The molecule has 134 valence electrons. The number of carbonyl (C=O) groups is 1. The van der Waals surface area contributed by atoms with Crippen LogP contribution in [0, 0.1) is 17.2 Å². The summed E-state index contributed by atoms with van der Waals surface area (Å²) in [5.41, 5.74) is 0.222. The maximum Gasteiger partial charge on any atom is 0.251 e. The van der Waals surface area contributed by atoms with Crippen LogP contribution in [0.25, 0.3) is 0 Å². The molecule has 25 heavy (non-hydrogen) atoms. The van der Waals surface area contributed by atoms with Gasteiger partial charge in [0.2, 0.25) is 11.6 Å². The van der Waals surface area contributed by atoms with Gasteiger partial charge in [0, 0.05) is 25.0 Å². The Bertz CT molecular complexity index is 637. The number of rotatable bonds is 4. The number of hydrogen-bond donors (Lipinski definition) is 1. The molecular formula is C18H25N5O2. The molecule has 1 saturated carbocycles. The number of nitriles is 1. The fourth-order valence-electron chi connectivity index (χ4n) is 3.67. The Balaban J connectivity index is 1.46. The number of nitrogens with one attached hydrogen (secondary N) is 1. The monoisotopic (exact) mass is 343 g/mol. The lowest BCUT2D eigenvalue weighted by Gasteiger charge is -2.32. The maximum absolute atomic E-state index is 12.4. The molecule has 7 nitrogen and oxygen atoms in total. The van der Waals surface area contributed by atoms with E-state index in [-0.39, 0.29) is 29.7 Å². The summed E-state index contributed by atoms with van der Waals surface area (Å²) in [7, 11) is 2.07. The van der Waals surface area contributed by atoms with Crippen LogP contribution in [0.5, 0.6) is 5.88 Å². The standard InChI is InChI=1S/C18H25N5O2/c1-23-10-2-3-13(12-23)17(24)22-14-4-6-15(7-5-14)25-18-16(11-19)20-8-9-21-18/h8-9,13-15H,2-7,10,12H2,1H3,(H,22,24). The topological polar surface area (TPSA) is 91.1 Å². The number of carbonyl (C=O) groups excluding carboxylic acids is 1. The third-order valence-corrected chi connectivity index (χ3v) is 5.06. The number of nitrogens with zero attached hydrogens (tertiary/aromatic N) is 4. The smallest absolute Gasteiger partial charge is 0.251 e. The molecule has 1 aromatic rings. The molecule has 1 unspecified atom stereocenters. The Morgan fingerprint density at radius 3 is 2.76 bits per heavy atom. The number of likely N-dealkylation sites (tertiary alicyclic amines) is 1. The van der Waals surface area contributed by atoms with Crippen LogP contribution in [0.3, 0.4) is 0 Å². The lowest BCUT2D eigenvalue weighted by atomic mass is 9.91. The van der Waals surface area contributed by atoms with Crippen molar-refractivity contribution in [1.82, 2.24) is 20.2 Å². The Hall–Kier alpha value is -2.20. The van der Waals surface area contributed by atoms with Crippen LogP contribution in [-0.4, -0.2) is 53.1 Å². The first-order valence-corrected chi connectivity index (χ1v) is 9.02. The van der Waals surface area contributed by atoms with Crippen LogP contribution in [0.4, 0.5) is 0 Å². The van der Waals surface area contributed by atoms with Gasteiger partial charge in [-0.25, -0.2) is 9.97 Å². The predicted octanol–water partition coefficient (Wildman–Crippen LogP) is 1.50. The summed E-state index contributed by atoms with van der Waals surface area (Å²) in [6.45, 7) is 1.94. The van der Waals surface area contributed by atoms with E-state index >= 15 is 0 Å². The van der Waals surface area contributed by atoms with Gasteiger partial charge in [0.15, 0.2) is 0 Å². The zero-order chi connectivity index (χ0) is 17.6. The summed E-state index contributed by atoms with van der Waals surface area (Å²) < 4.78 is 5.85. The molecule has 1 amide bonds. The molecule has 1 atom stereocenters. The van der Waals surface area contributed by atoms with Gasteiger partial charge in [-0.1, -0.05) is 0 Å². The minimum atomic E-state index is 0.0257. The number of amides is 1. The molecule has 1 N–H and O–H groups in total. The second-order valence-corrected chi connectivity index (χ2v) is 7.02. The first-order valence-electron chi connectivity index (χ1n) is 9.02. The van der Waals surface area contributed by atoms with Crippen molar-refractivity contribution < 1.29 is 9.53 Å². The van der Waals surface area contributed by atoms with E-state index in [4.69, 9.17) is 10.00 Å². The van der Waals surface area contributed by atoms with Crippen LogP contribution in [0.1, 0.15) is 44.2 Å². The van der Waals surface area contributed by atoms with E-state index in [1.165, 1.54) is 12.4 Å². The number of aromatic nitrogens is 2. The van der Waals surface area contributed by atoms with Gasteiger partial charge in [-0.05, 0) is 52.1 Å². The van der Waals surface area contributed by atoms with Gasteiger partial charge in [0.1, 0.15) is 12.2 Å². The van der Waals surface area contributed by atoms with E-state index in [9.17, 15) is 4.79 Å². The van der Waals surface area contributed by atoms with E-state index in [0.29, 0.717) is 5.88 Å². The lowest BCUT2D eigenvalue weighted by Crippen LogP contribution is -2.46. The molecule has 1 aromatic heterocycles. The summed E-state index contributed by atoms with van der Waals surface area (Å²) in [4.78, 5) is 22.7. The average molecular weight is 343 g/mol. The van der Waals surface area contributed by atoms with Crippen LogP contribution in [0.2, 0.25) is 0 Å². The predicted molar refractivity (Wildman–Crippen MR) is 91.8 cm³/mol. The van der Waals surface area contributed by atoms with E-state index in [1.807, 2.05) is 6.07 Å². The lowest BCUT2D eigenvalue weighted by molar-refractivity contribution is -0.127. The Kier molecular flexibility index (Phi) is 5.82. The van der Waals surface area contributed by atoms with Gasteiger partial charge in [-0.15, -0.1) is 0 Å². The summed E-state index contributed by atoms with van der Waals surface area (Å²) >= 11 is 0. The molecule has 0 radical (unpaired) electrons. The van der Waals surface area contributed by atoms with Gasteiger partial charge >= 0.3 is 0 Å². The molecule has 1 aliphatic carbocycles. The first-order chi connectivity index (χ1) is 12.2. The van der Waals surface area contributed by atoms with Crippen molar-refractivity contribution in [3.63, 3.8) is 0 Å². The highest BCUT2D eigenvalue weighted by molar-refractivity contribution is 5.79.